The van der Waals surface area contributed by atoms with Gasteiger partial charge in [-0.1, -0.05) is 12.1 Å². The van der Waals surface area contributed by atoms with E-state index >= 15 is 0 Å². The minimum Gasteiger partial charge on any atom is -0.396 e. The number of rotatable bonds is 5. The first kappa shape index (κ1) is 11.8. The third kappa shape index (κ3) is 3.84. The Morgan fingerprint density at radius 2 is 2.14 bits per heavy atom. The van der Waals surface area contributed by atoms with Crippen LogP contribution >= 0.6 is 22.6 Å². The molecule has 0 aromatic heterocycles. The summed E-state index contributed by atoms with van der Waals surface area (Å²) in [5, 5.41) is 12.1. The van der Waals surface area contributed by atoms with E-state index in [-0.39, 0.29) is 6.61 Å². The normalized spacial score (nSPS) is 12.5. The van der Waals surface area contributed by atoms with Gasteiger partial charge >= 0.3 is 0 Å². The van der Waals surface area contributed by atoms with Crippen LogP contribution in [0, 0.1) is 3.57 Å². The number of aliphatic hydroxyl groups excluding tert-OH is 1. The summed E-state index contributed by atoms with van der Waals surface area (Å²) >= 11 is 2.32. The van der Waals surface area contributed by atoms with E-state index in [0.29, 0.717) is 6.04 Å². The van der Waals surface area contributed by atoms with E-state index in [1.54, 1.807) is 0 Å². The summed E-state index contributed by atoms with van der Waals surface area (Å²) in [5.41, 5.74) is 1.18. The van der Waals surface area contributed by atoms with Crippen LogP contribution in [0.1, 0.15) is 19.8 Å². The highest BCUT2D eigenvalue weighted by Gasteiger charge is 2.03. The first-order valence-corrected chi connectivity index (χ1v) is 5.94. The number of halogens is 1. The molecule has 0 aliphatic rings. The van der Waals surface area contributed by atoms with Gasteiger partial charge in [0, 0.05) is 21.9 Å². The lowest BCUT2D eigenvalue weighted by Crippen LogP contribution is -2.16. The number of aliphatic hydroxyl groups is 1. The molecular weight excluding hydrogens is 289 g/mol. The molecule has 1 aromatic rings. The van der Waals surface area contributed by atoms with Crippen LogP contribution in [-0.2, 0) is 0 Å². The number of hydrogen-bond acceptors (Lipinski definition) is 2. The predicted molar refractivity (Wildman–Crippen MR) is 68.6 cm³/mol. The van der Waals surface area contributed by atoms with Gasteiger partial charge in [0.2, 0.25) is 0 Å². The molecule has 1 aromatic carbocycles. The molecule has 0 fully saturated rings. The molecule has 0 aliphatic carbocycles. The Labute approximate surface area is 98.9 Å². The molecule has 0 saturated heterocycles. The van der Waals surface area contributed by atoms with Crippen molar-refractivity contribution in [3.8, 4) is 0 Å². The van der Waals surface area contributed by atoms with Crippen LogP contribution < -0.4 is 5.32 Å². The average Bonchev–Trinajstić information content (AvgIpc) is 2.18. The van der Waals surface area contributed by atoms with Crippen LogP contribution in [0.25, 0.3) is 0 Å². The predicted octanol–water partition coefficient (Wildman–Crippen LogP) is 2.86. The van der Waals surface area contributed by atoms with E-state index in [2.05, 4.69) is 47.0 Å². The van der Waals surface area contributed by atoms with Crippen LogP contribution in [0.4, 0.5) is 5.69 Å². The number of benzene rings is 1. The molecule has 1 unspecified atom stereocenters. The van der Waals surface area contributed by atoms with Crippen LogP contribution in [0.15, 0.2) is 24.3 Å². The summed E-state index contributed by atoms with van der Waals surface area (Å²) in [6.07, 6.45) is 1.86. The van der Waals surface area contributed by atoms with Crippen molar-refractivity contribution in [1.82, 2.24) is 0 Å². The largest absolute Gasteiger partial charge is 0.396 e. The molecule has 78 valence electrons. The van der Waals surface area contributed by atoms with Gasteiger partial charge in [0.1, 0.15) is 0 Å². The Morgan fingerprint density at radius 1 is 1.43 bits per heavy atom. The summed E-state index contributed by atoms with van der Waals surface area (Å²) in [7, 11) is 0. The summed E-state index contributed by atoms with van der Waals surface area (Å²) in [6.45, 7) is 2.41. The molecule has 14 heavy (non-hydrogen) atoms. The van der Waals surface area contributed by atoms with Gasteiger partial charge in [0.25, 0.3) is 0 Å². The van der Waals surface area contributed by atoms with Gasteiger partial charge < -0.3 is 10.4 Å². The highest BCUT2D eigenvalue weighted by atomic mass is 127. The van der Waals surface area contributed by atoms with Crippen LogP contribution in [0.3, 0.4) is 0 Å². The molecule has 0 heterocycles. The second-order valence-electron chi connectivity index (χ2n) is 3.39. The van der Waals surface area contributed by atoms with Crippen molar-refractivity contribution in [2.45, 2.75) is 25.8 Å². The lowest BCUT2D eigenvalue weighted by Gasteiger charge is -2.15. The van der Waals surface area contributed by atoms with Gasteiger partial charge in [-0.2, -0.15) is 0 Å². The van der Waals surface area contributed by atoms with Crippen molar-refractivity contribution < 1.29 is 5.11 Å². The maximum Gasteiger partial charge on any atom is 0.0477 e. The number of anilines is 1. The Hall–Kier alpha value is -0.290. The van der Waals surface area contributed by atoms with Crippen molar-refractivity contribution in [1.29, 1.82) is 0 Å². The number of nitrogens with one attached hydrogen (secondary N) is 1. The zero-order chi connectivity index (χ0) is 10.4. The van der Waals surface area contributed by atoms with Gasteiger partial charge in [-0.25, -0.2) is 0 Å². The molecule has 0 radical (unpaired) electrons. The topological polar surface area (TPSA) is 32.3 Å². The van der Waals surface area contributed by atoms with E-state index in [1.165, 1.54) is 9.26 Å². The number of para-hydroxylation sites is 1. The standard InChI is InChI=1S/C11H16INO/c1-9(5-4-8-14)13-11-7-3-2-6-10(11)12/h2-3,6-7,9,13-14H,4-5,8H2,1H3. The zero-order valence-corrected chi connectivity index (χ0v) is 10.5. The highest BCUT2D eigenvalue weighted by molar-refractivity contribution is 14.1. The molecule has 0 amide bonds. The second-order valence-corrected chi connectivity index (χ2v) is 4.55. The van der Waals surface area contributed by atoms with Crippen molar-refractivity contribution in [3.63, 3.8) is 0 Å². The molecule has 3 heteroatoms. The first-order valence-electron chi connectivity index (χ1n) is 4.86. The SMILES string of the molecule is CC(CCCO)Nc1ccccc1I. The third-order valence-electron chi connectivity index (χ3n) is 2.07. The van der Waals surface area contributed by atoms with Crippen molar-refractivity contribution in [3.05, 3.63) is 27.8 Å². The Bertz CT molecular complexity index is 278. The third-order valence-corrected chi connectivity index (χ3v) is 3.01. The van der Waals surface area contributed by atoms with Gasteiger partial charge in [-0.3, -0.25) is 0 Å². The lowest BCUT2D eigenvalue weighted by atomic mass is 10.2. The molecule has 2 nitrogen and oxygen atoms in total. The summed E-state index contributed by atoms with van der Waals surface area (Å²) in [6, 6.07) is 8.64. The molecule has 0 aliphatic heterocycles. The Balaban J connectivity index is 2.47. The maximum absolute atomic E-state index is 8.71. The average molecular weight is 305 g/mol. The summed E-state index contributed by atoms with van der Waals surface area (Å²) in [5.74, 6) is 0. The van der Waals surface area contributed by atoms with Gasteiger partial charge in [0.05, 0.1) is 0 Å². The molecule has 2 N–H and O–H groups in total. The van der Waals surface area contributed by atoms with E-state index in [9.17, 15) is 0 Å². The summed E-state index contributed by atoms with van der Waals surface area (Å²) < 4.78 is 1.24. The molecule has 1 rings (SSSR count). The maximum atomic E-state index is 8.71. The number of hydrogen-bond donors (Lipinski definition) is 2. The highest BCUT2D eigenvalue weighted by Crippen LogP contribution is 2.18. The van der Waals surface area contributed by atoms with Gasteiger partial charge in [-0.05, 0) is 54.5 Å². The second kappa shape index (κ2) is 6.24. The minimum absolute atomic E-state index is 0.276. The lowest BCUT2D eigenvalue weighted by molar-refractivity contribution is 0.282. The fourth-order valence-corrected chi connectivity index (χ4v) is 1.86. The minimum atomic E-state index is 0.276. The van der Waals surface area contributed by atoms with E-state index in [1.807, 2.05) is 12.1 Å². The zero-order valence-electron chi connectivity index (χ0n) is 8.33. The van der Waals surface area contributed by atoms with Crippen molar-refractivity contribution >= 4 is 28.3 Å². The Kier molecular flexibility index (Phi) is 5.25. The van der Waals surface area contributed by atoms with Gasteiger partial charge in [-0.15, -0.1) is 0 Å². The molecular formula is C11H16INO. The summed E-state index contributed by atoms with van der Waals surface area (Å²) in [4.78, 5) is 0. The quantitative estimate of drug-likeness (QED) is 0.820. The van der Waals surface area contributed by atoms with Crippen LogP contribution in [-0.4, -0.2) is 17.8 Å². The smallest absolute Gasteiger partial charge is 0.0477 e. The first-order chi connectivity index (χ1) is 6.74. The van der Waals surface area contributed by atoms with Crippen molar-refractivity contribution in [2.75, 3.05) is 11.9 Å². The molecule has 0 saturated carbocycles. The van der Waals surface area contributed by atoms with E-state index in [4.69, 9.17) is 5.11 Å². The van der Waals surface area contributed by atoms with Gasteiger partial charge in [0.15, 0.2) is 0 Å². The van der Waals surface area contributed by atoms with Crippen molar-refractivity contribution in [2.24, 2.45) is 0 Å². The van der Waals surface area contributed by atoms with E-state index in [0.717, 1.165) is 12.8 Å². The fourth-order valence-electron chi connectivity index (χ4n) is 1.31. The fraction of sp³-hybridized carbons (Fsp3) is 0.455. The molecule has 0 bridgehead atoms. The molecule has 1 atom stereocenters. The van der Waals surface area contributed by atoms with Crippen LogP contribution in [0.5, 0.6) is 0 Å². The Morgan fingerprint density at radius 3 is 2.79 bits per heavy atom. The monoisotopic (exact) mass is 305 g/mol. The van der Waals surface area contributed by atoms with E-state index < -0.39 is 0 Å². The van der Waals surface area contributed by atoms with Crippen LogP contribution in [0.2, 0.25) is 0 Å². The molecule has 0 spiro atoms.